The summed E-state index contributed by atoms with van der Waals surface area (Å²) in [6, 6.07) is 0. The molecule has 0 radical (unpaired) electrons. The van der Waals surface area contributed by atoms with Gasteiger partial charge < -0.3 is 14.8 Å². The number of rotatable bonds is 8. The summed E-state index contributed by atoms with van der Waals surface area (Å²) in [6.45, 7) is 5.56. The zero-order chi connectivity index (χ0) is 14.3. The van der Waals surface area contributed by atoms with Crippen LogP contribution in [0.25, 0.3) is 0 Å². The van der Waals surface area contributed by atoms with Crippen molar-refractivity contribution in [2.45, 2.75) is 32.8 Å². The minimum absolute atomic E-state index is 0.183. The second kappa shape index (κ2) is 8.35. The van der Waals surface area contributed by atoms with Crippen LogP contribution in [0.5, 0.6) is 0 Å². The summed E-state index contributed by atoms with van der Waals surface area (Å²) >= 11 is 7.06. The molecule has 7 heteroatoms. The van der Waals surface area contributed by atoms with E-state index in [1.807, 2.05) is 13.8 Å². The van der Waals surface area contributed by atoms with E-state index in [1.165, 1.54) is 18.4 Å². The summed E-state index contributed by atoms with van der Waals surface area (Å²) in [5.74, 6) is -0.458. The number of unbranched alkanes of at least 4 members (excludes halogenated alkanes) is 1. The van der Waals surface area contributed by atoms with Crippen molar-refractivity contribution in [2.24, 2.45) is 0 Å². The number of ether oxygens (including phenoxy) is 2. The van der Waals surface area contributed by atoms with Gasteiger partial charge in [-0.2, -0.15) is 0 Å². The number of nitrogens with zero attached hydrogens (tertiary/aromatic N) is 1. The Morgan fingerprint density at radius 1 is 1.47 bits per heavy atom. The molecule has 0 aliphatic carbocycles. The fourth-order valence-electron chi connectivity index (χ4n) is 1.34. The number of anilines is 1. The van der Waals surface area contributed by atoms with Crippen molar-refractivity contribution in [2.75, 3.05) is 25.6 Å². The van der Waals surface area contributed by atoms with E-state index in [-0.39, 0.29) is 11.3 Å². The lowest BCUT2D eigenvalue weighted by Gasteiger charge is -2.07. The van der Waals surface area contributed by atoms with Crippen molar-refractivity contribution in [1.29, 1.82) is 0 Å². The first-order valence-electron chi connectivity index (χ1n) is 6.14. The van der Waals surface area contributed by atoms with E-state index >= 15 is 0 Å². The second-order valence-corrected chi connectivity index (χ2v) is 5.54. The number of thiazole rings is 1. The van der Waals surface area contributed by atoms with E-state index in [0.29, 0.717) is 10.0 Å². The Kier molecular flexibility index (Phi) is 7.12. The largest absolute Gasteiger partial charge is 0.465 e. The van der Waals surface area contributed by atoms with Crippen molar-refractivity contribution in [3.63, 3.8) is 0 Å². The predicted octanol–water partition coefficient (Wildman–Crippen LogP) is 3.20. The Morgan fingerprint density at radius 2 is 2.21 bits per heavy atom. The number of carbonyl (C=O) groups excluding carboxylic acids is 1. The fraction of sp³-hybridized carbons (Fsp3) is 0.667. The SMILES string of the molecule is COC(=O)c1sc(NCCCCOC(C)C)nc1Cl. The number of hydrogen-bond donors (Lipinski definition) is 1. The number of carbonyl (C=O) groups is 1. The van der Waals surface area contributed by atoms with Crippen molar-refractivity contribution < 1.29 is 14.3 Å². The molecule has 0 fully saturated rings. The molecule has 0 aliphatic heterocycles. The Hall–Kier alpha value is -0.850. The Morgan fingerprint density at radius 3 is 2.84 bits per heavy atom. The maximum Gasteiger partial charge on any atom is 0.351 e. The van der Waals surface area contributed by atoms with Crippen molar-refractivity contribution >= 4 is 34.0 Å². The summed E-state index contributed by atoms with van der Waals surface area (Å²) in [7, 11) is 1.32. The summed E-state index contributed by atoms with van der Waals surface area (Å²) in [4.78, 5) is 15.7. The standard InChI is InChI=1S/C12H19ClN2O3S/c1-8(2)18-7-5-4-6-14-12-15-10(13)9(19-12)11(16)17-3/h8H,4-7H2,1-3H3,(H,14,15). The monoisotopic (exact) mass is 306 g/mol. The average molecular weight is 307 g/mol. The van der Waals surface area contributed by atoms with Gasteiger partial charge in [0.15, 0.2) is 15.2 Å². The summed E-state index contributed by atoms with van der Waals surface area (Å²) in [6.07, 6.45) is 2.22. The highest BCUT2D eigenvalue weighted by atomic mass is 35.5. The lowest BCUT2D eigenvalue weighted by Crippen LogP contribution is -2.06. The van der Waals surface area contributed by atoms with Crippen molar-refractivity contribution in [1.82, 2.24) is 4.98 Å². The first-order valence-corrected chi connectivity index (χ1v) is 7.34. The van der Waals surface area contributed by atoms with Gasteiger partial charge in [0, 0.05) is 13.2 Å². The van der Waals surface area contributed by atoms with E-state index in [4.69, 9.17) is 16.3 Å². The van der Waals surface area contributed by atoms with Crippen LogP contribution in [-0.2, 0) is 9.47 Å². The van der Waals surface area contributed by atoms with Gasteiger partial charge in [-0.1, -0.05) is 22.9 Å². The van der Waals surface area contributed by atoms with Gasteiger partial charge in [-0.05, 0) is 26.7 Å². The number of aromatic nitrogens is 1. The van der Waals surface area contributed by atoms with Crippen molar-refractivity contribution in [3.05, 3.63) is 10.0 Å². The second-order valence-electron chi connectivity index (χ2n) is 4.18. The van der Waals surface area contributed by atoms with Crippen molar-refractivity contribution in [3.8, 4) is 0 Å². The van der Waals surface area contributed by atoms with Gasteiger partial charge in [-0.3, -0.25) is 0 Å². The minimum atomic E-state index is -0.458. The molecule has 0 bridgehead atoms. The molecule has 0 aromatic carbocycles. The van der Waals surface area contributed by atoms with E-state index in [9.17, 15) is 4.79 Å². The number of nitrogens with one attached hydrogen (secondary N) is 1. The highest BCUT2D eigenvalue weighted by molar-refractivity contribution is 7.18. The molecule has 0 atom stereocenters. The van der Waals surface area contributed by atoms with Gasteiger partial charge in [0.25, 0.3) is 0 Å². The third kappa shape index (κ3) is 5.76. The fourth-order valence-corrected chi connectivity index (χ4v) is 2.47. The third-order valence-corrected chi connectivity index (χ3v) is 3.63. The van der Waals surface area contributed by atoms with E-state index in [2.05, 4.69) is 15.0 Å². The molecule has 0 saturated heterocycles. The van der Waals surface area contributed by atoms with Gasteiger partial charge in [0.2, 0.25) is 0 Å². The maximum atomic E-state index is 11.3. The minimum Gasteiger partial charge on any atom is -0.465 e. The Balaban J connectivity index is 2.28. The van der Waals surface area contributed by atoms with Gasteiger partial charge in [-0.15, -0.1) is 0 Å². The van der Waals surface area contributed by atoms with Crippen LogP contribution in [0.3, 0.4) is 0 Å². The van der Waals surface area contributed by atoms with Crippen LogP contribution in [-0.4, -0.2) is 37.3 Å². The molecular weight excluding hydrogens is 288 g/mol. The molecule has 1 heterocycles. The lowest BCUT2D eigenvalue weighted by molar-refractivity contribution is 0.0606. The molecule has 0 aliphatic rings. The molecule has 0 unspecified atom stereocenters. The normalized spacial score (nSPS) is 10.8. The molecule has 5 nitrogen and oxygen atoms in total. The molecule has 1 N–H and O–H groups in total. The van der Waals surface area contributed by atoms with Gasteiger partial charge in [0.1, 0.15) is 0 Å². The van der Waals surface area contributed by atoms with Gasteiger partial charge >= 0.3 is 5.97 Å². The quantitative estimate of drug-likeness (QED) is 0.590. The highest BCUT2D eigenvalue weighted by Gasteiger charge is 2.16. The molecule has 0 spiro atoms. The smallest absolute Gasteiger partial charge is 0.351 e. The number of esters is 1. The molecule has 1 aromatic rings. The first-order chi connectivity index (χ1) is 9.04. The van der Waals surface area contributed by atoms with Crippen LogP contribution in [0.2, 0.25) is 5.15 Å². The molecular formula is C12H19ClN2O3S. The molecule has 0 amide bonds. The first kappa shape index (κ1) is 16.2. The van der Waals surface area contributed by atoms with E-state index < -0.39 is 5.97 Å². The summed E-state index contributed by atoms with van der Waals surface area (Å²) in [5.41, 5.74) is 0. The van der Waals surface area contributed by atoms with Crippen LogP contribution >= 0.6 is 22.9 Å². The Labute approximate surface area is 122 Å². The zero-order valence-corrected chi connectivity index (χ0v) is 12.9. The molecule has 108 valence electrons. The van der Waals surface area contributed by atoms with Crippen LogP contribution < -0.4 is 5.32 Å². The highest BCUT2D eigenvalue weighted by Crippen LogP contribution is 2.27. The van der Waals surface area contributed by atoms with E-state index in [0.717, 1.165) is 26.0 Å². The zero-order valence-electron chi connectivity index (χ0n) is 11.4. The average Bonchev–Trinajstić information content (AvgIpc) is 2.73. The molecule has 0 saturated carbocycles. The topological polar surface area (TPSA) is 60.5 Å². The number of hydrogen-bond acceptors (Lipinski definition) is 6. The predicted molar refractivity (Wildman–Crippen MR) is 77.3 cm³/mol. The van der Waals surface area contributed by atoms with Crippen LogP contribution in [0.15, 0.2) is 0 Å². The Bertz CT molecular complexity index is 410. The van der Waals surface area contributed by atoms with E-state index in [1.54, 1.807) is 0 Å². The molecule has 1 rings (SSSR count). The molecule has 19 heavy (non-hydrogen) atoms. The lowest BCUT2D eigenvalue weighted by atomic mass is 10.3. The summed E-state index contributed by atoms with van der Waals surface area (Å²) < 4.78 is 10.1. The van der Waals surface area contributed by atoms with Crippen LogP contribution in [0, 0.1) is 0 Å². The number of methoxy groups -OCH3 is 1. The third-order valence-electron chi connectivity index (χ3n) is 2.26. The van der Waals surface area contributed by atoms with Gasteiger partial charge in [-0.25, -0.2) is 9.78 Å². The maximum absolute atomic E-state index is 11.3. The van der Waals surface area contributed by atoms with Crippen LogP contribution in [0.4, 0.5) is 5.13 Å². The van der Waals surface area contributed by atoms with Gasteiger partial charge in [0.05, 0.1) is 13.2 Å². The molecule has 1 aromatic heterocycles. The van der Waals surface area contributed by atoms with Crippen LogP contribution in [0.1, 0.15) is 36.4 Å². The summed E-state index contributed by atoms with van der Waals surface area (Å²) in [5, 5.41) is 3.95. The number of halogens is 1.